The molecule has 1 fully saturated rings. The van der Waals surface area contributed by atoms with E-state index in [1.165, 1.54) is 18.2 Å². The van der Waals surface area contributed by atoms with Crippen molar-refractivity contribution in [3.63, 3.8) is 0 Å². The van der Waals surface area contributed by atoms with Crippen LogP contribution in [0.5, 0.6) is 0 Å². The Balaban J connectivity index is 1.45. The lowest BCUT2D eigenvalue weighted by molar-refractivity contribution is -0.111. The molecule has 0 radical (unpaired) electrons. The fourth-order valence-corrected chi connectivity index (χ4v) is 4.73. The number of hydrogen-bond donors (Lipinski definition) is 2. The van der Waals surface area contributed by atoms with Crippen LogP contribution in [0.3, 0.4) is 0 Å². The van der Waals surface area contributed by atoms with Crippen LogP contribution in [0.4, 0.5) is 27.3 Å². The number of likely N-dealkylation sites (tertiary alicyclic amines) is 1. The van der Waals surface area contributed by atoms with E-state index in [1.54, 1.807) is 12.3 Å². The highest BCUT2D eigenvalue weighted by Gasteiger charge is 2.25. The van der Waals surface area contributed by atoms with Crippen molar-refractivity contribution in [3.8, 4) is 11.3 Å². The summed E-state index contributed by atoms with van der Waals surface area (Å²) in [5.41, 5.74) is 4.97. The van der Waals surface area contributed by atoms with Gasteiger partial charge in [-0.1, -0.05) is 18.7 Å². The molecule has 0 bridgehead atoms. The molecule has 0 spiro atoms. The number of nitrogens with zero attached hydrogens (tertiary/aromatic N) is 4. The Hall–Kier alpha value is -4.17. The molecule has 1 unspecified atom stereocenters. The van der Waals surface area contributed by atoms with E-state index in [-0.39, 0.29) is 11.7 Å². The molecule has 1 atom stereocenters. The number of nitrogens with one attached hydrogen (secondary N) is 2. The maximum atomic E-state index is 13.8. The third kappa shape index (κ3) is 4.81. The first-order valence-electron chi connectivity index (χ1n) is 11.9. The fraction of sp³-hybridized carbons (Fsp3) is 0.214. The molecular formula is C28H29FN6O. The Morgan fingerprint density at radius 2 is 2.08 bits per heavy atom. The van der Waals surface area contributed by atoms with Crippen LogP contribution in [0.2, 0.25) is 0 Å². The van der Waals surface area contributed by atoms with Gasteiger partial charge in [-0.2, -0.15) is 0 Å². The van der Waals surface area contributed by atoms with Crippen LogP contribution in [0.15, 0.2) is 79.6 Å². The first-order valence-corrected chi connectivity index (χ1v) is 11.9. The highest BCUT2D eigenvalue weighted by atomic mass is 19.1. The third-order valence-electron chi connectivity index (χ3n) is 6.66. The SMILES string of the molecule is C=CC(=O)Nc1cc(Nc2cn3c(-c4cccc(F)c4)ccc3cn2)ccc1N(C)C1CCN(C)C1. The standard InChI is InChI=1S/C28H29FN6O/c1-4-28(36)32-24-15-21(8-10-26(24)34(3)23-12-13-33(2)17-23)31-27-18-35-22(16-30-27)9-11-25(35)19-6-5-7-20(29)14-19/h4-11,14-16,18,23,31H,1,12-13,17H2,2-3H3,(H,32,36). The average Bonchev–Trinajstić information content (AvgIpc) is 3.50. The Morgan fingerprint density at radius 1 is 1.22 bits per heavy atom. The number of rotatable bonds is 7. The minimum Gasteiger partial charge on any atom is -0.369 e. The van der Waals surface area contributed by atoms with E-state index in [0.29, 0.717) is 17.5 Å². The van der Waals surface area contributed by atoms with Crippen molar-refractivity contribution >= 4 is 34.3 Å². The smallest absolute Gasteiger partial charge is 0.247 e. The summed E-state index contributed by atoms with van der Waals surface area (Å²) in [7, 11) is 4.18. The molecule has 5 rings (SSSR count). The highest BCUT2D eigenvalue weighted by Crippen LogP contribution is 2.33. The molecule has 2 aromatic carbocycles. The van der Waals surface area contributed by atoms with E-state index in [2.05, 4.69) is 46.1 Å². The summed E-state index contributed by atoms with van der Waals surface area (Å²) >= 11 is 0. The molecule has 3 heterocycles. The van der Waals surface area contributed by atoms with Gasteiger partial charge >= 0.3 is 0 Å². The van der Waals surface area contributed by atoms with Crippen LogP contribution in [0.1, 0.15) is 6.42 Å². The number of halogens is 1. The molecule has 36 heavy (non-hydrogen) atoms. The van der Waals surface area contributed by atoms with Gasteiger partial charge in [-0.05, 0) is 68.6 Å². The minimum absolute atomic E-state index is 0.267. The third-order valence-corrected chi connectivity index (χ3v) is 6.66. The van der Waals surface area contributed by atoms with Crippen molar-refractivity contribution in [2.75, 3.05) is 42.7 Å². The molecule has 1 saturated heterocycles. The van der Waals surface area contributed by atoms with Crippen LogP contribution in [0, 0.1) is 5.82 Å². The summed E-state index contributed by atoms with van der Waals surface area (Å²) in [6.07, 6.45) is 5.98. The van der Waals surface area contributed by atoms with Crippen molar-refractivity contribution in [1.29, 1.82) is 0 Å². The number of fused-ring (bicyclic) bond motifs is 1. The zero-order chi connectivity index (χ0) is 25.2. The molecule has 4 aromatic rings. The van der Waals surface area contributed by atoms with E-state index in [0.717, 1.165) is 47.7 Å². The van der Waals surface area contributed by atoms with E-state index in [4.69, 9.17) is 0 Å². The van der Waals surface area contributed by atoms with E-state index in [9.17, 15) is 9.18 Å². The van der Waals surface area contributed by atoms with Crippen LogP contribution in [-0.4, -0.2) is 53.4 Å². The maximum Gasteiger partial charge on any atom is 0.247 e. The predicted octanol–water partition coefficient (Wildman–Crippen LogP) is 5.15. The molecule has 1 amide bonds. The minimum atomic E-state index is -0.279. The highest BCUT2D eigenvalue weighted by molar-refractivity contribution is 6.01. The lowest BCUT2D eigenvalue weighted by Crippen LogP contribution is -2.34. The van der Waals surface area contributed by atoms with Crippen LogP contribution >= 0.6 is 0 Å². The van der Waals surface area contributed by atoms with E-state index < -0.39 is 0 Å². The number of benzene rings is 2. The van der Waals surface area contributed by atoms with Gasteiger partial charge in [0.15, 0.2) is 0 Å². The Labute approximate surface area is 209 Å². The zero-order valence-corrected chi connectivity index (χ0v) is 20.4. The van der Waals surface area contributed by atoms with Gasteiger partial charge in [0, 0.05) is 30.9 Å². The number of carbonyl (C=O) groups excluding carboxylic acids is 1. The van der Waals surface area contributed by atoms with Crippen molar-refractivity contribution < 1.29 is 9.18 Å². The van der Waals surface area contributed by atoms with Crippen molar-refractivity contribution in [2.24, 2.45) is 0 Å². The molecule has 0 aliphatic carbocycles. The van der Waals surface area contributed by atoms with E-state index in [1.807, 2.05) is 47.0 Å². The lowest BCUT2D eigenvalue weighted by Gasteiger charge is -2.29. The van der Waals surface area contributed by atoms with Crippen molar-refractivity contribution in [2.45, 2.75) is 12.5 Å². The number of hydrogen-bond acceptors (Lipinski definition) is 5. The first-order chi connectivity index (χ1) is 17.4. The fourth-order valence-electron chi connectivity index (χ4n) is 4.73. The largest absolute Gasteiger partial charge is 0.369 e. The monoisotopic (exact) mass is 484 g/mol. The van der Waals surface area contributed by atoms with Gasteiger partial charge in [-0.25, -0.2) is 9.37 Å². The molecule has 7 nitrogen and oxygen atoms in total. The van der Waals surface area contributed by atoms with Crippen LogP contribution in [0.25, 0.3) is 16.8 Å². The lowest BCUT2D eigenvalue weighted by atomic mass is 10.1. The second kappa shape index (κ2) is 9.83. The van der Waals surface area contributed by atoms with Gasteiger partial charge in [0.25, 0.3) is 0 Å². The Morgan fingerprint density at radius 3 is 2.83 bits per heavy atom. The normalized spacial score (nSPS) is 15.7. The second-order valence-electron chi connectivity index (χ2n) is 9.16. The first kappa shape index (κ1) is 23.6. The summed E-state index contributed by atoms with van der Waals surface area (Å²) in [6, 6.07) is 16.7. The van der Waals surface area contributed by atoms with Gasteiger partial charge < -0.3 is 24.8 Å². The second-order valence-corrected chi connectivity index (χ2v) is 9.16. The van der Waals surface area contributed by atoms with Gasteiger partial charge in [0.1, 0.15) is 11.6 Å². The number of anilines is 4. The van der Waals surface area contributed by atoms with Gasteiger partial charge in [0.05, 0.1) is 35.0 Å². The molecule has 1 aliphatic heterocycles. The summed E-state index contributed by atoms with van der Waals surface area (Å²) in [5.74, 6) is 0.0751. The summed E-state index contributed by atoms with van der Waals surface area (Å²) < 4.78 is 15.8. The Kier molecular flexibility index (Phi) is 6.43. The molecule has 0 saturated carbocycles. The van der Waals surface area contributed by atoms with Gasteiger partial charge in [-0.15, -0.1) is 0 Å². The van der Waals surface area contributed by atoms with Crippen molar-refractivity contribution in [1.82, 2.24) is 14.3 Å². The number of likely N-dealkylation sites (N-methyl/N-ethyl adjacent to an activating group) is 2. The zero-order valence-electron chi connectivity index (χ0n) is 20.4. The summed E-state index contributed by atoms with van der Waals surface area (Å²) in [4.78, 5) is 21.3. The topological polar surface area (TPSA) is 64.9 Å². The molecule has 8 heteroatoms. The average molecular weight is 485 g/mol. The molecular weight excluding hydrogens is 455 g/mol. The number of aromatic nitrogens is 2. The van der Waals surface area contributed by atoms with E-state index >= 15 is 0 Å². The summed E-state index contributed by atoms with van der Waals surface area (Å²) in [5, 5.41) is 6.29. The van der Waals surface area contributed by atoms with Crippen LogP contribution < -0.4 is 15.5 Å². The molecule has 2 N–H and O–H groups in total. The predicted molar refractivity (Wildman–Crippen MR) is 143 cm³/mol. The molecule has 1 aliphatic rings. The molecule has 2 aromatic heterocycles. The van der Waals surface area contributed by atoms with Crippen LogP contribution in [-0.2, 0) is 4.79 Å². The van der Waals surface area contributed by atoms with Gasteiger partial charge in [-0.3, -0.25) is 4.79 Å². The van der Waals surface area contributed by atoms with Crippen molar-refractivity contribution in [3.05, 3.63) is 85.5 Å². The quantitative estimate of drug-likeness (QED) is 0.355. The number of carbonyl (C=O) groups is 1. The molecule has 184 valence electrons. The number of amides is 1. The maximum absolute atomic E-state index is 13.8. The van der Waals surface area contributed by atoms with Gasteiger partial charge in [0.2, 0.25) is 5.91 Å². The Bertz CT molecular complexity index is 1430. The summed E-state index contributed by atoms with van der Waals surface area (Å²) in [6.45, 7) is 5.61.